The molecule has 9 nitrogen and oxygen atoms in total. The maximum Gasteiger partial charge on any atom is 0.311 e. The van der Waals surface area contributed by atoms with E-state index in [1.165, 1.54) is 7.11 Å². The lowest BCUT2D eigenvalue weighted by molar-refractivity contribution is -0.159. The molecule has 3 N–H and O–H groups in total. The number of carbonyl (C=O) groups is 4. The number of amides is 3. The van der Waals surface area contributed by atoms with E-state index in [1.807, 2.05) is 25.1 Å². The summed E-state index contributed by atoms with van der Waals surface area (Å²) < 4.78 is 10.7. The van der Waals surface area contributed by atoms with Crippen molar-refractivity contribution >= 4 is 23.7 Å². The predicted molar refractivity (Wildman–Crippen MR) is 108 cm³/mol. The normalized spacial score (nSPS) is 18.6. The SMILES string of the molecule is CCCCN1C(=O)CC[C@@H](C(=O)OCC(=O)NCC(N)=O)[C@@H]1c1ccccc1OC. The highest BCUT2D eigenvalue weighted by molar-refractivity contribution is 5.87. The molecule has 1 aromatic rings. The molecule has 164 valence electrons. The summed E-state index contributed by atoms with van der Waals surface area (Å²) in [5.74, 6) is -1.97. The molecule has 0 aliphatic carbocycles. The Bertz CT molecular complexity index is 782. The molecule has 2 atom stereocenters. The van der Waals surface area contributed by atoms with Gasteiger partial charge >= 0.3 is 5.97 Å². The van der Waals surface area contributed by atoms with Gasteiger partial charge in [-0.05, 0) is 18.9 Å². The quantitative estimate of drug-likeness (QED) is 0.543. The second-order valence-corrected chi connectivity index (χ2v) is 7.12. The molecule has 1 aromatic carbocycles. The van der Waals surface area contributed by atoms with Gasteiger partial charge in [0.25, 0.3) is 5.91 Å². The lowest BCUT2D eigenvalue weighted by Gasteiger charge is -2.40. The molecule has 0 radical (unpaired) electrons. The van der Waals surface area contributed by atoms with Crippen molar-refractivity contribution in [2.45, 2.75) is 38.6 Å². The minimum absolute atomic E-state index is 0.0254. The molecule has 1 heterocycles. The van der Waals surface area contributed by atoms with Gasteiger partial charge in [-0.3, -0.25) is 19.2 Å². The predicted octanol–water partition coefficient (Wildman–Crippen LogP) is 0.920. The highest BCUT2D eigenvalue weighted by Gasteiger charge is 2.42. The van der Waals surface area contributed by atoms with Gasteiger partial charge in [-0.15, -0.1) is 0 Å². The summed E-state index contributed by atoms with van der Waals surface area (Å²) in [6.07, 6.45) is 2.24. The van der Waals surface area contributed by atoms with Crippen LogP contribution in [0.4, 0.5) is 0 Å². The highest BCUT2D eigenvalue weighted by Crippen LogP contribution is 2.41. The average molecular weight is 419 g/mol. The average Bonchev–Trinajstić information content (AvgIpc) is 2.74. The van der Waals surface area contributed by atoms with Crippen molar-refractivity contribution in [1.82, 2.24) is 10.2 Å². The molecule has 1 aliphatic heterocycles. The van der Waals surface area contributed by atoms with Crippen molar-refractivity contribution in [3.63, 3.8) is 0 Å². The number of hydrogen-bond acceptors (Lipinski definition) is 6. The molecule has 0 saturated carbocycles. The minimum atomic E-state index is -0.691. The number of esters is 1. The fraction of sp³-hybridized carbons (Fsp3) is 0.524. The van der Waals surface area contributed by atoms with Gasteiger partial charge in [0.15, 0.2) is 6.61 Å². The van der Waals surface area contributed by atoms with Gasteiger partial charge in [-0.25, -0.2) is 0 Å². The van der Waals surface area contributed by atoms with E-state index in [2.05, 4.69) is 5.32 Å². The van der Waals surface area contributed by atoms with E-state index in [9.17, 15) is 19.2 Å². The zero-order valence-corrected chi connectivity index (χ0v) is 17.4. The van der Waals surface area contributed by atoms with E-state index >= 15 is 0 Å². The molecule has 2 rings (SSSR count). The molecule has 0 spiro atoms. The Labute approximate surface area is 175 Å². The third-order valence-electron chi connectivity index (χ3n) is 5.02. The van der Waals surface area contributed by atoms with E-state index < -0.39 is 36.4 Å². The van der Waals surface area contributed by atoms with Crippen molar-refractivity contribution in [2.24, 2.45) is 11.7 Å². The number of para-hydroxylation sites is 1. The number of ether oxygens (including phenoxy) is 2. The number of benzene rings is 1. The summed E-state index contributed by atoms with van der Waals surface area (Å²) in [5, 5.41) is 2.27. The standard InChI is InChI=1S/C21H29N3O6/c1-3-4-11-24-19(27)10-9-15(20(24)14-7-5-6-8-16(14)29-2)21(28)30-13-18(26)23-12-17(22)25/h5-8,15,20H,3-4,9-13H2,1-2H3,(H2,22,25)(H,23,26)/t15-,20+/m1/s1. The van der Waals surface area contributed by atoms with Gasteiger partial charge in [-0.2, -0.15) is 0 Å². The van der Waals surface area contributed by atoms with Crippen LogP contribution in [0.5, 0.6) is 5.75 Å². The maximum absolute atomic E-state index is 12.9. The van der Waals surface area contributed by atoms with Crippen molar-refractivity contribution < 1.29 is 28.7 Å². The molecule has 0 aromatic heterocycles. The third kappa shape index (κ3) is 5.95. The monoisotopic (exact) mass is 419 g/mol. The molecule has 9 heteroatoms. The second kappa shape index (κ2) is 11.2. The first-order valence-electron chi connectivity index (χ1n) is 10.0. The molecule has 0 unspecified atom stereocenters. The van der Waals surface area contributed by atoms with Crippen molar-refractivity contribution in [1.29, 1.82) is 0 Å². The molecule has 1 aliphatic rings. The molecule has 30 heavy (non-hydrogen) atoms. The van der Waals surface area contributed by atoms with Gasteiger partial charge in [0, 0.05) is 18.5 Å². The summed E-state index contributed by atoms with van der Waals surface area (Å²) in [7, 11) is 1.54. The first-order chi connectivity index (χ1) is 14.4. The summed E-state index contributed by atoms with van der Waals surface area (Å²) in [6.45, 7) is 1.69. The number of unbranched alkanes of at least 4 members (excludes halogenated alkanes) is 1. The summed E-state index contributed by atoms with van der Waals surface area (Å²) in [4.78, 5) is 49.8. The molecule has 0 bridgehead atoms. The summed E-state index contributed by atoms with van der Waals surface area (Å²) >= 11 is 0. The number of methoxy groups -OCH3 is 1. The van der Waals surface area contributed by atoms with Crippen LogP contribution in [0.15, 0.2) is 24.3 Å². The number of primary amides is 1. The third-order valence-corrected chi connectivity index (χ3v) is 5.02. The van der Waals surface area contributed by atoms with Crippen LogP contribution in [0, 0.1) is 5.92 Å². The molecular formula is C21H29N3O6. The number of nitrogens with zero attached hydrogens (tertiary/aromatic N) is 1. The number of nitrogens with one attached hydrogen (secondary N) is 1. The Balaban J connectivity index is 2.24. The Hall–Kier alpha value is -3.10. The van der Waals surface area contributed by atoms with Crippen LogP contribution in [0.2, 0.25) is 0 Å². The number of piperidine rings is 1. The topological polar surface area (TPSA) is 128 Å². The van der Waals surface area contributed by atoms with E-state index in [1.54, 1.807) is 11.0 Å². The lowest BCUT2D eigenvalue weighted by Crippen LogP contribution is -2.46. The molecule has 1 fully saturated rings. The second-order valence-electron chi connectivity index (χ2n) is 7.12. The van der Waals surface area contributed by atoms with Crippen molar-refractivity contribution in [2.75, 3.05) is 26.8 Å². The number of likely N-dealkylation sites (tertiary alicyclic amines) is 1. The van der Waals surface area contributed by atoms with E-state index in [4.69, 9.17) is 15.2 Å². The van der Waals surface area contributed by atoms with Crippen LogP contribution in [0.3, 0.4) is 0 Å². The highest BCUT2D eigenvalue weighted by atomic mass is 16.5. The Morgan fingerprint density at radius 2 is 2.00 bits per heavy atom. The maximum atomic E-state index is 12.9. The fourth-order valence-electron chi connectivity index (χ4n) is 3.57. The smallest absolute Gasteiger partial charge is 0.311 e. The summed E-state index contributed by atoms with van der Waals surface area (Å²) in [5.41, 5.74) is 5.71. The van der Waals surface area contributed by atoms with Crippen LogP contribution >= 0.6 is 0 Å². The number of nitrogens with two attached hydrogens (primary N) is 1. The molecule has 3 amide bonds. The van der Waals surface area contributed by atoms with Gasteiger partial charge in [0.2, 0.25) is 11.8 Å². The number of carbonyl (C=O) groups excluding carboxylic acids is 4. The van der Waals surface area contributed by atoms with Crippen LogP contribution in [0.25, 0.3) is 0 Å². The Morgan fingerprint density at radius 1 is 1.27 bits per heavy atom. The fourth-order valence-corrected chi connectivity index (χ4v) is 3.57. The number of hydrogen-bond donors (Lipinski definition) is 2. The van der Waals surface area contributed by atoms with Gasteiger partial charge in [-0.1, -0.05) is 31.5 Å². The van der Waals surface area contributed by atoms with Crippen molar-refractivity contribution in [3.05, 3.63) is 29.8 Å². The van der Waals surface area contributed by atoms with Gasteiger partial charge < -0.3 is 25.4 Å². The van der Waals surface area contributed by atoms with Crippen molar-refractivity contribution in [3.8, 4) is 5.75 Å². The first-order valence-corrected chi connectivity index (χ1v) is 10.0. The molecular weight excluding hydrogens is 390 g/mol. The van der Waals surface area contributed by atoms with E-state index in [-0.39, 0.29) is 18.9 Å². The zero-order valence-electron chi connectivity index (χ0n) is 17.4. The minimum Gasteiger partial charge on any atom is -0.496 e. The Morgan fingerprint density at radius 3 is 2.67 bits per heavy atom. The van der Waals surface area contributed by atoms with Crippen LogP contribution in [0.1, 0.15) is 44.2 Å². The zero-order chi connectivity index (χ0) is 22.1. The van der Waals surface area contributed by atoms with Crippen LogP contribution in [-0.2, 0) is 23.9 Å². The number of rotatable bonds is 10. The van der Waals surface area contributed by atoms with Gasteiger partial charge in [0.05, 0.1) is 25.6 Å². The summed E-state index contributed by atoms with van der Waals surface area (Å²) in [6, 6.07) is 6.72. The molecule has 1 saturated heterocycles. The lowest BCUT2D eigenvalue weighted by atomic mass is 9.83. The van der Waals surface area contributed by atoms with E-state index in [0.717, 1.165) is 18.4 Å². The largest absolute Gasteiger partial charge is 0.496 e. The Kier molecular flexibility index (Phi) is 8.64. The van der Waals surface area contributed by atoms with Gasteiger partial charge in [0.1, 0.15) is 5.75 Å². The van der Waals surface area contributed by atoms with Crippen LogP contribution < -0.4 is 15.8 Å². The van der Waals surface area contributed by atoms with Crippen LogP contribution in [-0.4, -0.2) is 55.4 Å². The first kappa shape index (κ1) is 23.2. The van der Waals surface area contributed by atoms with E-state index in [0.29, 0.717) is 18.7 Å².